The number of methoxy groups -OCH3 is 2. The summed E-state index contributed by atoms with van der Waals surface area (Å²) >= 11 is 0. The summed E-state index contributed by atoms with van der Waals surface area (Å²) in [7, 11) is 2.81. The lowest BCUT2D eigenvalue weighted by atomic mass is 9.72. The van der Waals surface area contributed by atoms with Crippen LogP contribution in [0.1, 0.15) is 36.5 Å². The molecule has 0 aliphatic carbocycles. The Morgan fingerprint density at radius 3 is 2.23 bits per heavy atom. The molecule has 0 saturated heterocycles. The lowest BCUT2D eigenvalue weighted by Crippen LogP contribution is -2.25. The topological polar surface area (TPSA) is 96.2 Å². The third-order valence-corrected chi connectivity index (χ3v) is 4.76. The first-order chi connectivity index (χ1) is 12.3. The average Bonchev–Trinajstić information content (AvgIpc) is 2.66. The summed E-state index contributed by atoms with van der Waals surface area (Å²) in [6.45, 7) is 1.65. The Kier molecular flexibility index (Phi) is 6.10. The van der Waals surface area contributed by atoms with E-state index >= 15 is 0 Å². The van der Waals surface area contributed by atoms with Crippen LogP contribution < -0.4 is 4.74 Å². The summed E-state index contributed by atoms with van der Waals surface area (Å²) in [6.07, 6.45) is 0.620. The van der Waals surface area contributed by atoms with E-state index in [2.05, 4.69) is 0 Å². The molecule has 0 amide bonds. The predicted octanol–water partition coefficient (Wildman–Crippen LogP) is 2.86. The van der Waals surface area contributed by atoms with Crippen molar-refractivity contribution in [3.05, 3.63) is 53.1 Å². The number of aliphatic hydroxyl groups is 1. The van der Waals surface area contributed by atoms with Crippen molar-refractivity contribution in [3.63, 3.8) is 0 Å². The highest BCUT2D eigenvalue weighted by molar-refractivity contribution is 5.69. The van der Waals surface area contributed by atoms with Crippen LogP contribution in [0, 0.1) is 0 Å². The largest absolute Gasteiger partial charge is 0.508 e. The van der Waals surface area contributed by atoms with Crippen LogP contribution in [0.3, 0.4) is 0 Å². The average molecular weight is 360 g/mol. The number of phenolic OH excluding ortho intramolecular Hbond substituents is 1. The summed E-state index contributed by atoms with van der Waals surface area (Å²) in [6, 6.07) is 10.0. The molecule has 6 heteroatoms. The van der Waals surface area contributed by atoms with Crippen molar-refractivity contribution in [2.24, 2.45) is 0 Å². The Bertz CT molecular complexity index is 730. The maximum Gasteiger partial charge on any atom is 0.305 e. The normalized spacial score (nSPS) is 13.1. The SMILES string of the molecule is COC(=O)CCC(C)(c1ccc(O)c(CO)c1)c1ccc(O)c(OC)c1. The van der Waals surface area contributed by atoms with Gasteiger partial charge in [-0.25, -0.2) is 0 Å². The number of aromatic hydroxyl groups is 2. The van der Waals surface area contributed by atoms with Gasteiger partial charge in [0, 0.05) is 17.4 Å². The van der Waals surface area contributed by atoms with E-state index in [9.17, 15) is 20.1 Å². The van der Waals surface area contributed by atoms with Gasteiger partial charge in [-0.3, -0.25) is 4.79 Å². The molecule has 0 fully saturated rings. The number of aliphatic hydroxyl groups excluding tert-OH is 1. The van der Waals surface area contributed by atoms with E-state index in [0.717, 1.165) is 11.1 Å². The summed E-state index contributed by atoms with van der Waals surface area (Å²) in [5.41, 5.74) is 1.41. The van der Waals surface area contributed by atoms with Crippen molar-refractivity contribution in [3.8, 4) is 17.2 Å². The minimum Gasteiger partial charge on any atom is -0.508 e. The van der Waals surface area contributed by atoms with E-state index in [4.69, 9.17) is 9.47 Å². The monoisotopic (exact) mass is 360 g/mol. The summed E-state index contributed by atoms with van der Waals surface area (Å²) in [4.78, 5) is 11.7. The molecule has 26 heavy (non-hydrogen) atoms. The Morgan fingerprint density at radius 2 is 1.65 bits per heavy atom. The van der Waals surface area contributed by atoms with Crippen LogP contribution in [-0.4, -0.2) is 35.5 Å². The van der Waals surface area contributed by atoms with Gasteiger partial charge in [0.15, 0.2) is 11.5 Å². The molecule has 3 N–H and O–H groups in total. The highest BCUT2D eigenvalue weighted by atomic mass is 16.5. The predicted molar refractivity (Wildman–Crippen MR) is 96.4 cm³/mol. The number of esters is 1. The van der Waals surface area contributed by atoms with Gasteiger partial charge < -0.3 is 24.8 Å². The van der Waals surface area contributed by atoms with E-state index in [0.29, 0.717) is 17.7 Å². The number of ether oxygens (including phenoxy) is 2. The van der Waals surface area contributed by atoms with E-state index in [1.54, 1.807) is 24.3 Å². The molecule has 2 aromatic carbocycles. The zero-order chi connectivity index (χ0) is 19.3. The van der Waals surface area contributed by atoms with Gasteiger partial charge in [-0.05, 0) is 41.8 Å². The van der Waals surface area contributed by atoms with Gasteiger partial charge in [-0.2, -0.15) is 0 Å². The molecule has 6 nitrogen and oxygen atoms in total. The van der Waals surface area contributed by atoms with E-state index in [1.165, 1.54) is 26.4 Å². The quantitative estimate of drug-likeness (QED) is 0.657. The second-order valence-corrected chi connectivity index (χ2v) is 6.30. The minimum absolute atomic E-state index is 0.00912. The van der Waals surface area contributed by atoms with Crippen LogP contribution in [0.25, 0.3) is 0 Å². The number of hydrogen-bond acceptors (Lipinski definition) is 6. The third kappa shape index (κ3) is 3.91. The number of phenols is 2. The smallest absolute Gasteiger partial charge is 0.305 e. The number of carbonyl (C=O) groups excluding carboxylic acids is 1. The van der Waals surface area contributed by atoms with Crippen LogP contribution in [0.15, 0.2) is 36.4 Å². The molecular formula is C20H24O6. The van der Waals surface area contributed by atoms with Gasteiger partial charge in [0.25, 0.3) is 0 Å². The van der Waals surface area contributed by atoms with Crippen molar-refractivity contribution in [1.82, 2.24) is 0 Å². The van der Waals surface area contributed by atoms with Gasteiger partial charge >= 0.3 is 5.97 Å². The molecule has 0 bridgehead atoms. The molecule has 0 saturated carbocycles. The maximum atomic E-state index is 11.7. The molecule has 0 aliphatic rings. The van der Waals surface area contributed by atoms with Gasteiger partial charge in [0.2, 0.25) is 0 Å². The number of carbonyl (C=O) groups is 1. The standard InChI is InChI=1S/C20H24O6/c1-20(9-8-19(24)26-3,14-4-6-16(22)13(10-14)12-21)15-5-7-17(23)18(11-15)25-2/h4-7,10-11,21-23H,8-9,12H2,1-3H3. The van der Waals surface area contributed by atoms with E-state index in [1.807, 2.05) is 6.92 Å². The third-order valence-electron chi connectivity index (χ3n) is 4.76. The Labute approximate surface area is 152 Å². The van der Waals surface area contributed by atoms with E-state index in [-0.39, 0.29) is 30.5 Å². The Morgan fingerprint density at radius 1 is 1.04 bits per heavy atom. The lowest BCUT2D eigenvalue weighted by molar-refractivity contribution is -0.140. The molecule has 0 aromatic heterocycles. The Hall–Kier alpha value is -2.73. The molecule has 0 heterocycles. The van der Waals surface area contributed by atoms with Gasteiger partial charge in [0.05, 0.1) is 20.8 Å². The van der Waals surface area contributed by atoms with Gasteiger partial charge in [-0.15, -0.1) is 0 Å². The second kappa shape index (κ2) is 8.10. The minimum atomic E-state index is -0.632. The van der Waals surface area contributed by atoms with Crippen molar-refractivity contribution < 1.29 is 29.6 Å². The first kappa shape index (κ1) is 19.6. The fraction of sp³-hybridized carbons (Fsp3) is 0.350. The van der Waals surface area contributed by atoms with Crippen LogP contribution in [-0.2, 0) is 21.6 Å². The molecule has 2 rings (SSSR count). The highest BCUT2D eigenvalue weighted by Gasteiger charge is 2.31. The number of benzene rings is 2. The zero-order valence-corrected chi connectivity index (χ0v) is 15.2. The molecular weight excluding hydrogens is 336 g/mol. The summed E-state index contributed by atoms with van der Waals surface area (Å²) < 4.78 is 9.97. The van der Waals surface area contributed by atoms with Crippen LogP contribution in [0.2, 0.25) is 0 Å². The first-order valence-electron chi connectivity index (χ1n) is 8.23. The number of hydrogen-bond donors (Lipinski definition) is 3. The summed E-state index contributed by atoms with van der Waals surface area (Å²) in [5.74, 6) is 0.0271. The van der Waals surface area contributed by atoms with Crippen molar-refractivity contribution in [2.45, 2.75) is 31.8 Å². The highest BCUT2D eigenvalue weighted by Crippen LogP contribution is 2.41. The second-order valence-electron chi connectivity index (χ2n) is 6.30. The maximum absolute atomic E-state index is 11.7. The first-order valence-corrected chi connectivity index (χ1v) is 8.23. The van der Waals surface area contributed by atoms with E-state index < -0.39 is 5.41 Å². The molecule has 2 aromatic rings. The molecule has 0 aliphatic heterocycles. The molecule has 0 spiro atoms. The zero-order valence-electron chi connectivity index (χ0n) is 15.2. The van der Waals surface area contributed by atoms with Crippen molar-refractivity contribution in [2.75, 3.05) is 14.2 Å². The Balaban J connectivity index is 2.57. The lowest BCUT2D eigenvalue weighted by Gasteiger charge is -2.31. The fourth-order valence-corrected chi connectivity index (χ4v) is 2.99. The molecule has 140 valence electrons. The van der Waals surface area contributed by atoms with Gasteiger partial charge in [0.1, 0.15) is 5.75 Å². The van der Waals surface area contributed by atoms with Crippen LogP contribution >= 0.6 is 0 Å². The van der Waals surface area contributed by atoms with Crippen LogP contribution in [0.4, 0.5) is 0 Å². The van der Waals surface area contributed by atoms with Gasteiger partial charge in [-0.1, -0.05) is 19.1 Å². The number of rotatable bonds is 7. The van der Waals surface area contributed by atoms with Crippen molar-refractivity contribution >= 4 is 5.97 Å². The summed E-state index contributed by atoms with van der Waals surface area (Å²) in [5, 5.41) is 29.2. The molecule has 0 radical (unpaired) electrons. The fourth-order valence-electron chi connectivity index (χ4n) is 2.99. The molecule has 1 atom stereocenters. The van der Waals surface area contributed by atoms with Crippen molar-refractivity contribution in [1.29, 1.82) is 0 Å². The van der Waals surface area contributed by atoms with Crippen LogP contribution in [0.5, 0.6) is 17.2 Å². The molecule has 1 unspecified atom stereocenters.